The van der Waals surface area contributed by atoms with Crippen LogP contribution in [0, 0.1) is 0 Å². The Bertz CT molecular complexity index is 384. The fourth-order valence-corrected chi connectivity index (χ4v) is 0.901. The molecule has 1 N–H and O–H groups in total. The van der Waals surface area contributed by atoms with Crippen LogP contribution < -0.4 is 11.2 Å². The molecule has 1 aromatic heterocycles. The third-order valence-corrected chi connectivity index (χ3v) is 1.48. The van der Waals surface area contributed by atoms with Crippen molar-refractivity contribution in [2.45, 2.75) is 13.5 Å². The molecule has 0 aliphatic carbocycles. The number of hydrogen-bond donors (Lipinski definition) is 1. The van der Waals surface area contributed by atoms with Gasteiger partial charge in [0.25, 0.3) is 5.56 Å². The molecule has 0 atom stereocenters. The normalized spacial score (nSPS) is 8.06. The molecular formula is C7H8F4N2O3. The van der Waals surface area contributed by atoms with Crippen LogP contribution in [0.1, 0.15) is 17.4 Å². The molecule has 0 aliphatic rings. The van der Waals surface area contributed by atoms with Crippen LogP contribution in [-0.4, -0.2) is 15.8 Å². The molecule has 0 saturated carbocycles. The van der Waals surface area contributed by atoms with Gasteiger partial charge in [0, 0.05) is 30.9 Å². The molecule has 16 heavy (non-hydrogen) atoms. The zero-order valence-electron chi connectivity index (χ0n) is 8.05. The first-order chi connectivity index (χ1) is 7.69. The van der Waals surface area contributed by atoms with Crippen LogP contribution in [0.25, 0.3) is 0 Å². The van der Waals surface area contributed by atoms with E-state index in [0.717, 1.165) is 10.6 Å². The van der Waals surface area contributed by atoms with Gasteiger partial charge in [-0.15, -0.1) is 0 Å². The molecule has 1 rings (SSSR count). The third kappa shape index (κ3) is 4.53. The number of aldehydes is 1. The van der Waals surface area contributed by atoms with Gasteiger partial charge in [0.1, 0.15) is 0 Å². The summed E-state index contributed by atoms with van der Waals surface area (Å²) >= 11 is 0. The first-order valence-corrected chi connectivity index (χ1v) is 3.77. The van der Waals surface area contributed by atoms with Crippen LogP contribution >= 0.6 is 0 Å². The van der Waals surface area contributed by atoms with E-state index in [1.165, 1.54) is 0 Å². The number of H-pyrrole nitrogens is 1. The summed E-state index contributed by atoms with van der Waals surface area (Å²) in [6, 6.07) is 1.10. The van der Waals surface area contributed by atoms with Gasteiger partial charge >= 0.3 is 5.69 Å². The summed E-state index contributed by atoms with van der Waals surface area (Å²) in [6.07, 6.45) is 0.433. The van der Waals surface area contributed by atoms with Gasteiger partial charge in [-0.1, -0.05) is 0 Å². The topological polar surface area (TPSA) is 71.9 Å². The van der Waals surface area contributed by atoms with E-state index in [-0.39, 0.29) is 5.69 Å². The molecule has 0 fully saturated rings. The Hall–Kier alpha value is -1.93. The van der Waals surface area contributed by atoms with Gasteiger partial charge in [-0.2, -0.15) is 0 Å². The summed E-state index contributed by atoms with van der Waals surface area (Å²) in [4.78, 5) is 34.5. The Kier molecular flexibility index (Phi) is 9.92. The highest BCUT2D eigenvalue weighted by molar-refractivity contribution is 5.70. The van der Waals surface area contributed by atoms with E-state index in [2.05, 4.69) is 4.98 Å². The van der Waals surface area contributed by atoms with Crippen LogP contribution in [0.5, 0.6) is 0 Å². The van der Waals surface area contributed by atoms with Gasteiger partial charge in [-0.3, -0.25) is 14.2 Å². The van der Waals surface area contributed by atoms with E-state index in [0.29, 0.717) is 12.8 Å². The molecule has 0 saturated heterocycles. The molecular weight excluding hydrogens is 236 g/mol. The molecule has 0 aliphatic heterocycles. The summed E-state index contributed by atoms with van der Waals surface area (Å²) in [6.45, 7) is 1.98. The smallest absolute Gasteiger partial charge is 0.304 e. The number of rotatable bonds is 2. The lowest BCUT2D eigenvalue weighted by molar-refractivity contribution is 0.108. The molecule has 9 heteroatoms. The zero-order chi connectivity index (χ0) is 13.1. The molecule has 0 aromatic carbocycles. The predicted molar refractivity (Wildman–Crippen MR) is 46.8 cm³/mol. The van der Waals surface area contributed by atoms with Crippen molar-refractivity contribution < 1.29 is 23.1 Å². The van der Waals surface area contributed by atoms with Gasteiger partial charge in [-0.25, -0.2) is 4.79 Å². The second-order valence-corrected chi connectivity index (χ2v) is 2.23. The standard InChI is InChI=1S/C7H8N2O3.2F2/c1-2-9-6(11)3-5(4-10)8-7(9)12;2*1-2/h3-4H,2H2,1H3,(H,8,12);;. The van der Waals surface area contributed by atoms with Crippen LogP contribution in [-0.2, 0) is 6.54 Å². The number of hydrogen-bond acceptors (Lipinski definition) is 3. The largest absolute Gasteiger partial charge is 0.328 e. The molecule has 92 valence electrons. The summed E-state index contributed by atoms with van der Waals surface area (Å²) in [5.74, 6) is 0. The number of nitrogens with one attached hydrogen (secondary N) is 1. The first-order valence-electron chi connectivity index (χ1n) is 3.77. The maximum absolute atomic E-state index is 11.0. The summed E-state index contributed by atoms with van der Waals surface area (Å²) in [5, 5.41) is 0. The van der Waals surface area contributed by atoms with Crippen LogP contribution in [0.3, 0.4) is 0 Å². The minimum Gasteiger partial charge on any atom is -0.304 e. The minimum atomic E-state index is -0.549. The molecule has 0 amide bonds. The van der Waals surface area contributed by atoms with Crippen molar-refractivity contribution in [2.24, 2.45) is 0 Å². The monoisotopic (exact) mass is 244 g/mol. The third-order valence-electron chi connectivity index (χ3n) is 1.48. The van der Waals surface area contributed by atoms with Crippen molar-refractivity contribution in [3.05, 3.63) is 32.6 Å². The predicted octanol–water partition coefficient (Wildman–Crippen LogP) is 1.05. The fraction of sp³-hybridized carbons (Fsp3) is 0.286. The Labute approximate surface area is 86.1 Å². The van der Waals surface area contributed by atoms with E-state index < -0.39 is 11.2 Å². The minimum absolute atomic E-state index is 0.00898. The van der Waals surface area contributed by atoms with Gasteiger partial charge in [-0.05, 0) is 6.92 Å². The summed E-state index contributed by atoms with van der Waals surface area (Å²) < 4.78 is 33.0. The number of carbonyl (C=O) groups is 1. The molecule has 5 nitrogen and oxygen atoms in total. The van der Waals surface area contributed by atoms with Gasteiger partial charge < -0.3 is 4.98 Å². The van der Waals surface area contributed by atoms with Crippen molar-refractivity contribution in [3.8, 4) is 0 Å². The van der Waals surface area contributed by atoms with E-state index >= 15 is 0 Å². The number of nitrogens with zero attached hydrogens (tertiary/aromatic N) is 1. The highest BCUT2D eigenvalue weighted by Crippen LogP contribution is 1.77. The van der Waals surface area contributed by atoms with Crippen LogP contribution in [0.4, 0.5) is 18.3 Å². The van der Waals surface area contributed by atoms with E-state index in [9.17, 15) is 14.4 Å². The summed E-state index contributed by atoms with van der Waals surface area (Å²) in [5.41, 5.74) is -0.995. The lowest BCUT2D eigenvalue weighted by Gasteiger charge is -1.98. The number of carbonyl (C=O) groups excluding carboxylic acids is 1. The van der Waals surface area contributed by atoms with Crippen LogP contribution in [0.2, 0.25) is 0 Å². The lowest BCUT2D eigenvalue weighted by atomic mass is 10.4. The highest BCUT2D eigenvalue weighted by atomic mass is 20.0. The molecule has 0 spiro atoms. The van der Waals surface area contributed by atoms with Crippen molar-refractivity contribution in [1.29, 1.82) is 0 Å². The SMILES string of the molecule is CCn1c(=O)cc(C=O)[nH]c1=O.FF.FF. The maximum Gasteiger partial charge on any atom is 0.328 e. The molecule has 1 heterocycles. The molecule has 1 aromatic rings. The second-order valence-electron chi connectivity index (χ2n) is 2.23. The Morgan fingerprint density at radius 2 is 1.81 bits per heavy atom. The Morgan fingerprint density at radius 3 is 2.12 bits per heavy atom. The Balaban J connectivity index is 0. The molecule has 0 bridgehead atoms. The number of halogens is 4. The average Bonchev–Trinajstić information content (AvgIpc) is 2.33. The fourth-order valence-electron chi connectivity index (χ4n) is 0.901. The quantitative estimate of drug-likeness (QED) is 0.624. The first kappa shape index (κ1) is 16.5. The summed E-state index contributed by atoms with van der Waals surface area (Å²) in [7, 11) is 0. The zero-order valence-corrected chi connectivity index (χ0v) is 8.05. The molecule has 0 radical (unpaired) electrons. The average molecular weight is 244 g/mol. The highest BCUT2D eigenvalue weighted by Gasteiger charge is 2.00. The van der Waals surface area contributed by atoms with Gasteiger partial charge in [0.05, 0.1) is 5.69 Å². The maximum atomic E-state index is 11.0. The van der Waals surface area contributed by atoms with E-state index in [4.69, 9.17) is 18.3 Å². The molecule has 0 unspecified atom stereocenters. The lowest BCUT2D eigenvalue weighted by Crippen LogP contribution is -2.34. The van der Waals surface area contributed by atoms with Gasteiger partial charge in [0.15, 0.2) is 6.29 Å². The Morgan fingerprint density at radius 1 is 1.31 bits per heavy atom. The van der Waals surface area contributed by atoms with Crippen molar-refractivity contribution >= 4 is 6.29 Å². The second kappa shape index (κ2) is 9.62. The van der Waals surface area contributed by atoms with Gasteiger partial charge in [0.2, 0.25) is 0 Å². The van der Waals surface area contributed by atoms with E-state index in [1.54, 1.807) is 6.92 Å². The van der Waals surface area contributed by atoms with Crippen molar-refractivity contribution in [2.75, 3.05) is 0 Å². The van der Waals surface area contributed by atoms with E-state index in [1.807, 2.05) is 0 Å². The number of aromatic amines is 1. The van der Waals surface area contributed by atoms with Crippen molar-refractivity contribution in [3.63, 3.8) is 0 Å². The number of aromatic nitrogens is 2. The van der Waals surface area contributed by atoms with Crippen molar-refractivity contribution in [1.82, 2.24) is 9.55 Å². The van der Waals surface area contributed by atoms with Crippen LogP contribution in [0.15, 0.2) is 15.7 Å².